The molecule has 3 N–H and O–H groups in total. The van der Waals surface area contributed by atoms with E-state index >= 15 is 0 Å². The molecule has 1 amide bonds. The molecule has 2 heterocycles. The predicted molar refractivity (Wildman–Crippen MR) is 87.7 cm³/mol. The van der Waals surface area contributed by atoms with E-state index in [1.165, 1.54) is 18.2 Å². The normalized spacial score (nSPS) is 17.7. The second kappa shape index (κ2) is 7.77. The van der Waals surface area contributed by atoms with E-state index in [1.54, 1.807) is 0 Å². The molecule has 1 aromatic heterocycles. The zero-order valence-electron chi connectivity index (χ0n) is 13.9. The van der Waals surface area contributed by atoms with Crippen LogP contribution >= 0.6 is 0 Å². The Bertz CT molecular complexity index is 754. The Labute approximate surface area is 148 Å². The third kappa shape index (κ3) is 4.75. The van der Waals surface area contributed by atoms with Crippen LogP contribution < -0.4 is 15.4 Å². The zero-order chi connectivity index (χ0) is 18.6. The summed E-state index contributed by atoms with van der Waals surface area (Å²) in [5.74, 6) is -0.200. The van der Waals surface area contributed by atoms with Crippen LogP contribution in [0.5, 0.6) is 5.75 Å². The number of ether oxygens (including phenoxy) is 1. The Morgan fingerprint density at radius 3 is 2.92 bits per heavy atom. The second-order valence-electron chi connectivity index (χ2n) is 6.11. The van der Waals surface area contributed by atoms with E-state index in [1.807, 2.05) is 0 Å². The molecule has 9 heteroatoms. The third-order valence-electron chi connectivity index (χ3n) is 4.05. The van der Waals surface area contributed by atoms with Gasteiger partial charge in [0.2, 0.25) is 0 Å². The number of hydrogen-bond acceptors (Lipinski definition) is 4. The van der Waals surface area contributed by atoms with Crippen molar-refractivity contribution in [3.05, 3.63) is 47.3 Å². The summed E-state index contributed by atoms with van der Waals surface area (Å²) in [5, 5.41) is 12.7. The lowest BCUT2D eigenvalue weighted by molar-refractivity contribution is -0.137. The summed E-state index contributed by atoms with van der Waals surface area (Å²) < 4.78 is 43.4. The molecule has 1 fully saturated rings. The largest absolute Gasteiger partial charge is 0.487 e. The van der Waals surface area contributed by atoms with Crippen LogP contribution in [0.2, 0.25) is 0 Å². The minimum Gasteiger partial charge on any atom is -0.487 e. The monoisotopic (exact) mass is 368 g/mol. The predicted octanol–water partition coefficient (Wildman–Crippen LogP) is 2.49. The standard InChI is InChI=1S/C17H19F3N4O2/c18-17(19,20)11-3-1-5-14(7-11)26-10-13-8-15(24-23-13)16(25)22-12-4-2-6-21-9-12/h1,3,5,7-8,12,21H,2,4,6,9-10H2,(H,22,25)(H,23,24). The highest BCUT2D eigenvalue weighted by Gasteiger charge is 2.30. The molecule has 0 bridgehead atoms. The maximum absolute atomic E-state index is 12.7. The van der Waals surface area contributed by atoms with Crippen molar-refractivity contribution < 1.29 is 22.7 Å². The zero-order valence-corrected chi connectivity index (χ0v) is 13.9. The summed E-state index contributed by atoms with van der Waals surface area (Å²) in [6, 6.07) is 6.22. The molecule has 1 aliphatic heterocycles. The van der Waals surface area contributed by atoms with Crippen LogP contribution in [0.3, 0.4) is 0 Å². The van der Waals surface area contributed by atoms with Gasteiger partial charge in [0.15, 0.2) is 0 Å². The Morgan fingerprint density at radius 1 is 1.35 bits per heavy atom. The van der Waals surface area contributed by atoms with E-state index < -0.39 is 11.7 Å². The first-order valence-electron chi connectivity index (χ1n) is 8.28. The number of aromatic nitrogens is 2. The van der Waals surface area contributed by atoms with Gasteiger partial charge in [0.25, 0.3) is 5.91 Å². The number of carbonyl (C=O) groups is 1. The van der Waals surface area contributed by atoms with Gasteiger partial charge in [-0.25, -0.2) is 0 Å². The molecule has 1 saturated heterocycles. The van der Waals surface area contributed by atoms with Gasteiger partial charge in [0.05, 0.1) is 11.3 Å². The van der Waals surface area contributed by atoms with Gasteiger partial charge in [-0.2, -0.15) is 18.3 Å². The van der Waals surface area contributed by atoms with Crippen LogP contribution in [-0.4, -0.2) is 35.2 Å². The van der Waals surface area contributed by atoms with Gasteiger partial charge in [-0.15, -0.1) is 0 Å². The van der Waals surface area contributed by atoms with Crippen molar-refractivity contribution in [3.63, 3.8) is 0 Å². The van der Waals surface area contributed by atoms with Gasteiger partial charge in [0, 0.05) is 12.6 Å². The average Bonchev–Trinajstić information content (AvgIpc) is 3.10. The molecule has 2 aromatic rings. The number of nitrogens with zero attached hydrogens (tertiary/aromatic N) is 1. The summed E-state index contributed by atoms with van der Waals surface area (Å²) >= 11 is 0. The minimum absolute atomic E-state index is 0.0213. The summed E-state index contributed by atoms with van der Waals surface area (Å²) in [6.45, 7) is 1.65. The Hall–Kier alpha value is -2.55. The molecule has 140 valence electrons. The van der Waals surface area contributed by atoms with Crippen LogP contribution in [0.25, 0.3) is 0 Å². The van der Waals surface area contributed by atoms with Crippen LogP contribution in [0.1, 0.15) is 34.6 Å². The van der Waals surface area contributed by atoms with Gasteiger partial charge in [-0.1, -0.05) is 6.07 Å². The molecule has 1 aromatic carbocycles. The Morgan fingerprint density at radius 2 is 2.19 bits per heavy atom. The topological polar surface area (TPSA) is 79.0 Å². The number of amides is 1. The molecule has 1 atom stereocenters. The van der Waals surface area contributed by atoms with Gasteiger partial charge in [0.1, 0.15) is 18.1 Å². The number of aromatic amines is 1. The summed E-state index contributed by atoms with van der Waals surface area (Å²) in [5.41, 5.74) is -0.0617. The highest BCUT2D eigenvalue weighted by molar-refractivity contribution is 5.92. The van der Waals surface area contributed by atoms with Crippen molar-refractivity contribution >= 4 is 5.91 Å². The van der Waals surface area contributed by atoms with Gasteiger partial charge in [-0.3, -0.25) is 9.89 Å². The molecular formula is C17H19F3N4O2. The molecule has 0 radical (unpaired) electrons. The fraction of sp³-hybridized carbons (Fsp3) is 0.412. The van der Waals surface area contributed by atoms with Crippen molar-refractivity contribution in [2.75, 3.05) is 13.1 Å². The quantitative estimate of drug-likeness (QED) is 0.758. The molecule has 0 saturated carbocycles. The molecule has 3 rings (SSSR count). The third-order valence-corrected chi connectivity index (χ3v) is 4.05. The number of rotatable bonds is 5. The number of benzene rings is 1. The number of piperidine rings is 1. The van der Waals surface area contributed by atoms with Gasteiger partial charge >= 0.3 is 6.18 Å². The molecule has 0 spiro atoms. The lowest BCUT2D eigenvalue weighted by atomic mass is 10.1. The minimum atomic E-state index is -4.42. The van der Waals surface area contributed by atoms with E-state index in [0.29, 0.717) is 5.69 Å². The average molecular weight is 368 g/mol. The molecular weight excluding hydrogens is 349 g/mol. The summed E-state index contributed by atoms with van der Waals surface area (Å²) in [7, 11) is 0. The van der Waals surface area contributed by atoms with E-state index in [4.69, 9.17) is 4.74 Å². The van der Waals surface area contributed by atoms with Crippen molar-refractivity contribution in [3.8, 4) is 5.75 Å². The number of hydrogen-bond donors (Lipinski definition) is 3. The molecule has 26 heavy (non-hydrogen) atoms. The van der Waals surface area contributed by atoms with Gasteiger partial charge in [-0.05, 0) is 43.7 Å². The van der Waals surface area contributed by atoms with Crippen molar-refractivity contribution in [2.24, 2.45) is 0 Å². The fourth-order valence-electron chi connectivity index (χ4n) is 2.71. The second-order valence-corrected chi connectivity index (χ2v) is 6.11. The molecule has 1 aliphatic rings. The summed E-state index contributed by atoms with van der Waals surface area (Å²) in [6.07, 6.45) is -2.51. The highest BCUT2D eigenvalue weighted by atomic mass is 19.4. The number of halogens is 3. The number of H-pyrrole nitrogens is 1. The smallest absolute Gasteiger partial charge is 0.416 e. The number of alkyl halides is 3. The van der Waals surface area contributed by atoms with Crippen molar-refractivity contribution in [1.82, 2.24) is 20.8 Å². The summed E-state index contributed by atoms with van der Waals surface area (Å²) in [4.78, 5) is 12.2. The lowest BCUT2D eigenvalue weighted by Crippen LogP contribution is -2.45. The lowest BCUT2D eigenvalue weighted by Gasteiger charge is -2.23. The van der Waals surface area contributed by atoms with E-state index in [9.17, 15) is 18.0 Å². The van der Waals surface area contributed by atoms with Crippen LogP contribution in [0.15, 0.2) is 30.3 Å². The first kappa shape index (κ1) is 18.2. The van der Waals surface area contributed by atoms with E-state index in [-0.39, 0.29) is 30.0 Å². The Kier molecular flexibility index (Phi) is 5.46. The maximum atomic E-state index is 12.7. The SMILES string of the molecule is O=C(NC1CCCNC1)c1cc(COc2cccc(C(F)(F)F)c2)[nH]n1. The van der Waals surface area contributed by atoms with E-state index in [0.717, 1.165) is 38.1 Å². The Balaban J connectivity index is 1.56. The fourth-order valence-corrected chi connectivity index (χ4v) is 2.71. The number of carbonyl (C=O) groups excluding carboxylic acids is 1. The first-order chi connectivity index (χ1) is 12.4. The molecule has 0 aliphatic carbocycles. The van der Waals surface area contributed by atoms with Gasteiger partial charge < -0.3 is 15.4 Å². The van der Waals surface area contributed by atoms with Crippen LogP contribution in [0, 0.1) is 0 Å². The maximum Gasteiger partial charge on any atom is 0.416 e. The van der Waals surface area contributed by atoms with E-state index in [2.05, 4.69) is 20.8 Å². The first-order valence-corrected chi connectivity index (χ1v) is 8.28. The molecule has 6 nitrogen and oxygen atoms in total. The van der Waals surface area contributed by atoms with Crippen LogP contribution in [0.4, 0.5) is 13.2 Å². The van der Waals surface area contributed by atoms with Crippen molar-refractivity contribution in [2.45, 2.75) is 31.7 Å². The molecule has 1 unspecified atom stereocenters. The number of nitrogens with one attached hydrogen (secondary N) is 3. The highest BCUT2D eigenvalue weighted by Crippen LogP contribution is 2.31. The van der Waals surface area contributed by atoms with Crippen molar-refractivity contribution in [1.29, 1.82) is 0 Å². The van der Waals surface area contributed by atoms with Crippen LogP contribution in [-0.2, 0) is 12.8 Å².